The van der Waals surface area contributed by atoms with Gasteiger partial charge in [0.15, 0.2) is 0 Å². The molecule has 0 spiro atoms. The van der Waals surface area contributed by atoms with Crippen LogP contribution in [0.3, 0.4) is 0 Å². The normalized spacial score (nSPS) is 11.7. The van der Waals surface area contributed by atoms with Gasteiger partial charge in [-0.05, 0) is 40.4 Å². The minimum absolute atomic E-state index is 0.0847. The third-order valence-electron chi connectivity index (χ3n) is 2.57. The third kappa shape index (κ3) is 4.53. The zero-order valence-electron chi connectivity index (χ0n) is 11.1. The second-order valence-electron chi connectivity index (χ2n) is 4.75. The Bertz CT molecular complexity index is 617. The molecule has 0 aromatic heterocycles. The lowest BCUT2D eigenvalue weighted by atomic mass is 10.1. The van der Waals surface area contributed by atoms with Gasteiger partial charge < -0.3 is 5.32 Å². The van der Waals surface area contributed by atoms with Crippen LogP contribution >= 0.6 is 15.9 Å². The largest absolute Gasteiger partial charge is 0.352 e. The minimum atomic E-state index is -4.11. The Morgan fingerprint density at radius 2 is 2.05 bits per heavy atom. The molecule has 0 aliphatic carbocycles. The number of rotatable bonds is 5. The van der Waals surface area contributed by atoms with Crippen molar-refractivity contribution in [1.82, 2.24) is 5.32 Å². The van der Waals surface area contributed by atoms with E-state index in [-0.39, 0.29) is 10.0 Å². The quantitative estimate of drug-likeness (QED) is 0.834. The maximum absolute atomic E-state index is 13.6. The predicted octanol–water partition coefficient (Wildman–Crippen LogP) is 2.01. The fourth-order valence-electron chi connectivity index (χ4n) is 1.48. The van der Waals surface area contributed by atoms with Crippen molar-refractivity contribution < 1.29 is 17.6 Å². The molecule has 1 aromatic carbocycles. The monoisotopic (exact) mass is 366 g/mol. The summed E-state index contributed by atoms with van der Waals surface area (Å²) in [7, 11) is -4.11. The fraction of sp³-hybridized carbons (Fsp3) is 0.417. The van der Waals surface area contributed by atoms with Crippen molar-refractivity contribution in [1.29, 1.82) is 0 Å². The highest BCUT2D eigenvalue weighted by molar-refractivity contribution is 9.10. The third-order valence-corrected chi connectivity index (χ3v) is 4.57. The Morgan fingerprint density at radius 1 is 1.45 bits per heavy atom. The van der Waals surface area contributed by atoms with Crippen molar-refractivity contribution in [3.8, 4) is 0 Å². The zero-order chi connectivity index (χ0) is 15.5. The van der Waals surface area contributed by atoms with Crippen molar-refractivity contribution in [2.24, 2.45) is 11.1 Å². The molecule has 0 saturated carbocycles. The number of nitrogens with one attached hydrogen (secondary N) is 1. The summed E-state index contributed by atoms with van der Waals surface area (Å²) in [6.45, 7) is 4.44. The lowest BCUT2D eigenvalue weighted by Crippen LogP contribution is -2.26. The first kappa shape index (κ1) is 17.1. The summed E-state index contributed by atoms with van der Waals surface area (Å²) < 4.78 is 36.0. The molecule has 1 aromatic rings. The van der Waals surface area contributed by atoms with Gasteiger partial charge in [-0.1, -0.05) is 13.8 Å². The van der Waals surface area contributed by atoms with E-state index in [1.54, 1.807) is 0 Å². The van der Waals surface area contributed by atoms with Crippen LogP contribution in [0.15, 0.2) is 21.5 Å². The molecular weight excluding hydrogens is 351 g/mol. The van der Waals surface area contributed by atoms with Gasteiger partial charge in [0, 0.05) is 12.1 Å². The number of primary sulfonamides is 1. The molecule has 0 fully saturated rings. The predicted molar refractivity (Wildman–Crippen MR) is 77.3 cm³/mol. The number of benzene rings is 1. The highest BCUT2D eigenvalue weighted by Gasteiger charge is 2.20. The Morgan fingerprint density at radius 3 is 2.55 bits per heavy atom. The molecule has 0 aliphatic heterocycles. The average Bonchev–Trinajstić information content (AvgIpc) is 2.30. The van der Waals surface area contributed by atoms with Crippen molar-refractivity contribution in [2.75, 3.05) is 6.54 Å². The Labute approximate surface area is 125 Å². The van der Waals surface area contributed by atoms with Gasteiger partial charge in [-0.3, -0.25) is 4.79 Å². The topological polar surface area (TPSA) is 89.3 Å². The van der Waals surface area contributed by atoms with Crippen LogP contribution in [0.4, 0.5) is 4.39 Å². The van der Waals surface area contributed by atoms with Crippen molar-refractivity contribution in [2.45, 2.75) is 25.2 Å². The van der Waals surface area contributed by atoms with E-state index < -0.39 is 26.6 Å². The summed E-state index contributed by atoms with van der Waals surface area (Å²) in [5.74, 6) is -0.982. The summed E-state index contributed by atoms with van der Waals surface area (Å²) in [6.07, 6.45) is 0.771. The van der Waals surface area contributed by atoms with Crippen LogP contribution in [-0.2, 0) is 10.0 Å². The van der Waals surface area contributed by atoms with Crippen molar-refractivity contribution in [3.63, 3.8) is 0 Å². The summed E-state index contributed by atoms with van der Waals surface area (Å²) >= 11 is 2.81. The molecule has 0 heterocycles. The smallest absolute Gasteiger partial charge is 0.251 e. The number of carbonyl (C=O) groups excluding carboxylic acids is 1. The molecule has 0 aliphatic rings. The highest BCUT2D eigenvalue weighted by atomic mass is 79.9. The van der Waals surface area contributed by atoms with E-state index >= 15 is 0 Å². The van der Waals surface area contributed by atoms with Crippen LogP contribution in [0.5, 0.6) is 0 Å². The second kappa shape index (κ2) is 6.64. The van der Waals surface area contributed by atoms with Crippen LogP contribution in [0, 0.1) is 11.7 Å². The molecule has 1 amide bonds. The van der Waals surface area contributed by atoms with Gasteiger partial charge in [0.05, 0.1) is 9.37 Å². The van der Waals surface area contributed by atoms with Crippen LogP contribution in [0.25, 0.3) is 0 Å². The van der Waals surface area contributed by atoms with E-state index in [0.717, 1.165) is 18.6 Å². The standard InChI is InChI=1S/C12H16BrFN2O3S/c1-7(2)3-4-16-12(17)8-5-9(14)11(13)10(6-8)20(15,18)19/h5-7H,3-4H2,1-2H3,(H,16,17)(H2,15,18,19). The molecule has 0 bridgehead atoms. The molecule has 8 heteroatoms. The zero-order valence-corrected chi connectivity index (χ0v) is 13.5. The number of halogens is 2. The molecule has 0 saturated heterocycles. The van der Waals surface area contributed by atoms with Gasteiger partial charge in [-0.2, -0.15) is 0 Å². The average molecular weight is 367 g/mol. The van der Waals surface area contributed by atoms with E-state index in [9.17, 15) is 17.6 Å². The first-order chi connectivity index (χ1) is 9.12. The molecule has 3 N–H and O–H groups in total. The van der Waals surface area contributed by atoms with Gasteiger partial charge in [0.25, 0.3) is 5.91 Å². The van der Waals surface area contributed by atoms with Crippen LogP contribution in [-0.4, -0.2) is 20.9 Å². The Hall–Kier alpha value is -0.990. The van der Waals surface area contributed by atoms with Crippen LogP contribution in [0.1, 0.15) is 30.6 Å². The molecule has 0 unspecified atom stereocenters. The number of carbonyl (C=O) groups is 1. The molecule has 0 radical (unpaired) electrons. The van der Waals surface area contributed by atoms with E-state index in [4.69, 9.17) is 5.14 Å². The Kier molecular flexibility index (Phi) is 5.67. The van der Waals surface area contributed by atoms with E-state index in [2.05, 4.69) is 21.2 Å². The first-order valence-electron chi connectivity index (χ1n) is 5.93. The van der Waals surface area contributed by atoms with Crippen LogP contribution in [0.2, 0.25) is 0 Å². The Balaban J connectivity index is 3.03. The fourth-order valence-corrected chi connectivity index (χ4v) is 3.02. The molecule has 0 atom stereocenters. The molecular formula is C12H16BrFN2O3S. The van der Waals surface area contributed by atoms with Gasteiger partial charge >= 0.3 is 0 Å². The number of sulfonamides is 1. The van der Waals surface area contributed by atoms with E-state index in [1.807, 2.05) is 13.8 Å². The van der Waals surface area contributed by atoms with Gasteiger partial charge in [-0.15, -0.1) is 0 Å². The van der Waals surface area contributed by atoms with Crippen LogP contribution < -0.4 is 10.5 Å². The SMILES string of the molecule is CC(C)CCNC(=O)c1cc(F)c(Br)c(S(N)(=O)=O)c1. The summed E-state index contributed by atoms with van der Waals surface area (Å²) in [5, 5.41) is 7.58. The highest BCUT2D eigenvalue weighted by Crippen LogP contribution is 2.25. The minimum Gasteiger partial charge on any atom is -0.352 e. The second-order valence-corrected chi connectivity index (χ2v) is 7.08. The number of hydrogen-bond donors (Lipinski definition) is 2. The molecule has 112 valence electrons. The number of nitrogens with two attached hydrogens (primary N) is 1. The maximum Gasteiger partial charge on any atom is 0.251 e. The molecule has 5 nitrogen and oxygen atoms in total. The van der Waals surface area contributed by atoms with E-state index in [1.165, 1.54) is 0 Å². The summed E-state index contributed by atoms with van der Waals surface area (Å²) in [5.41, 5.74) is -0.0847. The van der Waals surface area contributed by atoms with Gasteiger partial charge in [0.2, 0.25) is 10.0 Å². The van der Waals surface area contributed by atoms with Crippen molar-refractivity contribution >= 4 is 31.9 Å². The van der Waals surface area contributed by atoms with Gasteiger partial charge in [0.1, 0.15) is 5.82 Å². The number of hydrogen-bond acceptors (Lipinski definition) is 3. The van der Waals surface area contributed by atoms with E-state index in [0.29, 0.717) is 12.5 Å². The number of amides is 1. The van der Waals surface area contributed by atoms with Crippen molar-refractivity contribution in [3.05, 3.63) is 28.0 Å². The first-order valence-corrected chi connectivity index (χ1v) is 8.27. The maximum atomic E-state index is 13.6. The lowest BCUT2D eigenvalue weighted by molar-refractivity contribution is 0.0951. The van der Waals surface area contributed by atoms with Gasteiger partial charge in [-0.25, -0.2) is 17.9 Å². The molecule has 1 rings (SSSR count). The summed E-state index contributed by atoms with van der Waals surface area (Å²) in [6, 6.07) is 2.01. The molecule has 20 heavy (non-hydrogen) atoms. The lowest BCUT2D eigenvalue weighted by Gasteiger charge is -2.09. The summed E-state index contributed by atoms with van der Waals surface area (Å²) in [4.78, 5) is 11.4.